The summed E-state index contributed by atoms with van der Waals surface area (Å²) in [7, 11) is -4.38. The largest absolute Gasteiger partial charge is 0.477 e. The summed E-state index contributed by atoms with van der Waals surface area (Å²) in [6.07, 6.45) is 0. The van der Waals surface area contributed by atoms with Crippen LogP contribution in [0.25, 0.3) is 0 Å². The standard InChI is InChI=1S/C9H11F2NO5S2/c1-5-2-18-6(8(14)15)7(5)19(16,17)12-3-9(10,11)4-13/h2,12-13H,3-4H2,1H3,(H,14,15). The normalized spacial score (nSPS) is 12.6. The molecule has 0 atom stereocenters. The first-order chi connectivity index (χ1) is 8.60. The molecule has 0 bridgehead atoms. The van der Waals surface area contributed by atoms with Crippen molar-refractivity contribution in [3.8, 4) is 0 Å². The molecule has 0 aliphatic heterocycles. The van der Waals surface area contributed by atoms with Crippen molar-refractivity contribution in [1.29, 1.82) is 0 Å². The molecule has 3 N–H and O–H groups in total. The maximum atomic E-state index is 12.8. The first kappa shape index (κ1) is 16.0. The highest BCUT2D eigenvalue weighted by atomic mass is 32.2. The van der Waals surface area contributed by atoms with E-state index in [1.165, 1.54) is 12.3 Å². The molecule has 108 valence electrons. The van der Waals surface area contributed by atoms with Gasteiger partial charge in [0, 0.05) is 0 Å². The van der Waals surface area contributed by atoms with Crippen molar-refractivity contribution >= 4 is 27.3 Å². The molecular weight excluding hydrogens is 304 g/mol. The summed E-state index contributed by atoms with van der Waals surface area (Å²) in [5, 5.41) is 18.5. The number of halogens is 2. The molecule has 0 aliphatic carbocycles. The molecule has 0 saturated heterocycles. The molecular formula is C9H11F2NO5S2. The number of carboxylic acid groups (broad SMARTS) is 1. The number of aliphatic hydroxyl groups excluding tert-OH is 1. The summed E-state index contributed by atoms with van der Waals surface area (Å²) in [4.78, 5) is 9.89. The Balaban J connectivity index is 3.08. The van der Waals surface area contributed by atoms with Crippen LogP contribution in [0.5, 0.6) is 0 Å². The summed E-state index contributed by atoms with van der Waals surface area (Å²) in [5.74, 6) is -5.06. The predicted octanol–water partition coefficient (Wildman–Crippen LogP) is 0.661. The third kappa shape index (κ3) is 3.69. The summed E-state index contributed by atoms with van der Waals surface area (Å²) >= 11 is 0.695. The molecule has 0 spiro atoms. The van der Waals surface area contributed by atoms with Crippen molar-refractivity contribution in [2.75, 3.05) is 13.2 Å². The number of alkyl halides is 2. The van der Waals surface area contributed by atoms with Gasteiger partial charge < -0.3 is 10.2 Å². The van der Waals surface area contributed by atoms with Gasteiger partial charge in [-0.05, 0) is 17.9 Å². The number of nitrogens with one attached hydrogen (secondary N) is 1. The van der Waals surface area contributed by atoms with E-state index < -0.39 is 44.8 Å². The van der Waals surface area contributed by atoms with Crippen LogP contribution in [0.3, 0.4) is 0 Å². The van der Waals surface area contributed by atoms with E-state index >= 15 is 0 Å². The summed E-state index contributed by atoms with van der Waals surface area (Å²) in [5.41, 5.74) is 0.155. The molecule has 1 rings (SSSR count). The molecule has 1 heterocycles. The Hall–Kier alpha value is -1.10. The molecule has 10 heteroatoms. The van der Waals surface area contributed by atoms with Crippen molar-refractivity contribution in [2.45, 2.75) is 17.7 Å². The average Bonchev–Trinajstić information content (AvgIpc) is 2.70. The van der Waals surface area contributed by atoms with Crippen LogP contribution in [0.2, 0.25) is 0 Å². The fourth-order valence-electron chi connectivity index (χ4n) is 1.24. The summed E-state index contributed by atoms with van der Waals surface area (Å²) in [6.45, 7) is -1.45. The van der Waals surface area contributed by atoms with Crippen LogP contribution in [0.1, 0.15) is 15.2 Å². The maximum absolute atomic E-state index is 12.8. The Labute approximate surface area is 111 Å². The molecule has 0 unspecified atom stereocenters. The number of carbonyl (C=O) groups is 1. The zero-order valence-electron chi connectivity index (χ0n) is 9.68. The highest BCUT2D eigenvalue weighted by molar-refractivity contribution is 7.89. The lowest BCUT2D eigenvalue weighted by Gasteiger charge is -2.14. The van der Waals surface area contributed by atoms with E-state index in [1.54, 1.807) is 4.72 Å². The number of aliphatic hydroxyl groups is 1. The average molecular weight is 315 g/mol. The number of thiophene rings is 1. The lowest BCUT2D eigenvalue weighted by atomic mass is 10.3. The quantitative estimate of drug-likeness (QED) is 0.715. The lowest BCUT2D eigenvalue weighted by Crippen LogP contribution is -2.39. The molecule has 19 heavy (non-hydrogen) atoms. The number of aromatic carboxylic acids is 1. The zero-order chi connectivity index (χ0) is 14.8. The number of sulfonamides is 1. The van der Waals surface area contributed by atoms with Gasteiger partial charge >= 0.3 is 5.97 Å². The molecule has 0 aromatic carbocycles. The van der Waals surface area contributed by atoms with Gasteiger partial charge in [0.2, 0.25) is 10.0 Å². The Kier molecular flexibility index (Phi) is 4.61. The van der Waals surface area contributed by atoms with E-state index in [2.05, 4.69) is 0 Å². The van der Waals surface area contributed by atoms with Gasteiger partial charge in [0.05, 0.1) is 6.54 Å². The van der Waals surface area contributed by atoms with Gasteiger partial charge in [-0.3, -0.25) is 0 Å². The lowest BCUT2D eigenvalue weighted by molar-refractivity contribution is -0.0437. The summed E-state index contributed by atoms with van der Waals surface area (Å²) in [6, 6.07) is 0. The third-order valence-electron chi connectivity index (χ3n) is 2.13. The molecule has 0 aliphatic rings. The van der Waals surface area contributed by atoms with Crippen LogP contribution in [0.15, 0.2) is 10.3 Å². The Morgan fingerprint density at radius 3 is 2.58 bits per heavy atom. The number of hydrogen-bond acceptors (Lipinski definition) is 5. The first-order valence-corrected chi connectivity index (χ1v) is 7.27. The van der Waals surface area contributed by atoms with Gasteiger partial charge in [-0.15, -0.1) is 11.3 Å². The van der Waals surface area contributed by atoms with Crippen molar-refractivity contribution < 1.29 is 32.2 Å². The van der Waals surface area contributed by atoms with Gasteiger partial charge in [-0.25, -0.2) is 26.7 Å². The Morgan fingerprint density at radius 2 is 2.11 bits per heavy atom. The maximum Gasteiger partial charge on any atom is 0.347 e. The van der Waals surface area contributed by atoms with Gasteiger partial charge in [0.1, 0.15) is 16.4 Å². The number of carboxylic acids is 1. The van der Waals surface area contributed by atoms with Crippen LogP contribution >= 0.6 is 11.3 Å². The van der Waals surface area contributed by atoms with Crippen molar-refractivity contribution in [3.63, 3.8) is 0 Å². The highest BCUT2D eigenvalue weighted by Crippen LogP contribution is 2.27. The third-order valence-corrected chi connectivity index (χ3v) is 4.94. The van der Waals surface area contributed by atoms with Gasteiger partial charge in [-0.2, -0.15) is 0 Å². The minimum absolute atomic E-state index is 0.155. The van der Waals surface area contributed by atoms with E-state index in [-0.39, 0.29) is 5.56 Å². The van der Waals surface area contributed by atoms with Crippen LogP contribution in [-0.2, 0) is 10.0 Å². The van der Waals surface area contributed by atoms with Crippen molar-refractivity contribution in [3.05, 3.63) is 15.8 Å². The van der Waals surface area contributed by atoms with E-state index in [1.807, 2.05) is 0 Å². The summed E-state index contributed by atoms with van der Waals surface area (Å²) < 4.78 is 50.8. The van der Waals surface area contributed by atoms with Crippen LogP contribution < -0.4 is 4.72 Å². The predicted molar refractivity (Wildman–Crippen MR) is 63.2 cm³/mol. The minimum Gasteiger partial charge on any atom is -0.477 e. The first-order valence-electron chi connectivity index (χ1n) is 4.90. The van der Waals surface area contributed by atoms with Crippen molar-refractivity contribution in [1.82, 2.24) is 4.72 Å². The second-order valence-corrected chi connectivity index (χ2v) is 6.30. The van der Waals surface area contributed by atoms with Crippen LogP contribution in [0, 0.1) is 6.92 Å². The smallest absolute Gasteiger partial charge is 0.347 e. The van der Waals surface area contributed by atoms with Crippen LogP contribution in [-0.4, -0.2) is 43.7 Å². The zero-order valence-corrected chi connectivity index (χ0v) is 11.3. The fourth-order valence-corrected chi connectivity index (χ4v) is 3.93. The number of aryl methyl sites for hydroxylation is 1. The van der Waals surface area contributed by atoms with Gasteiger partial charge in [-0.1, -0.05) is 0 Å². The van der Waals surface area contributed by atoms with Gasteiger partial charge in [0.15, 0.2) is 0 Å². The second kappa shape index (κ2) is 5.49. The topological polar surface area (TPSA) is 104 Å². The molecule has 0 amide bonds. The monoisotopic (exact) mass is 315 g/mol. The SMILES string of the molecule is Cc1csc(C(=O)O)c1S(=O)(=O)NCC(F)(F)CO. The van der Waals surface area contributed by atoms with Crippen molar-refractivity contribution in [2.24, 2.45) is 0 Å². The molecule has 1 aromatic heterocycles. The van der Waals surface area contributed by atoms with Crippen LogP contribution in [0.4, 0.5) is 8.78 Å². The highest BCUT2D eigenvalue weighted by Gasteiger charge is 2.33. The second-order valence-electron chi connectivity index (χ2n) is 3.72. The Bertz CT molecular complexity index is 581. The van der Waals surface area contributed by atoms with E-state index in [0.717, 1.165) is 0 Å². The van der Waals surface area contributed by atoms with E-state index in [0.29, 0.717) is 11.3 Å². The van der Waals surface area contributed by atoms with E-state index in [4.69, 9.17) is 10.2 Å². The molecule has 6 nitrogen and oxygen atoms in total. The number of rotatable bonds is 6. The fraction of sp³-hybridized carbons (Fsp3) is 0.444. The molecule has 0 fully saturated rings. The van der Waals surface area contributed by atoms with E-state index in [9.17, 15) is 22.0 Å². The molecule has 1 aromatic rings. The minimum atomic E-state index is -4.38. The Morgan fingerprint density at radius 1 is 1.53 bits per heavy atom. The number of hydrogen-bond donors (Lipinski definition) is 3. The molecule has 0 radical (unpaired) electrons. The van der Waals surface area contributed by atoms with Gasteiger partial charge in [0.25, 0.3) is 5.92 Å². The molecule has 0 saturated carbocycles.